The molecule has 0 amide bonds. The maximum Gasteiger partial charge on any atom is 0.138 e. The van der Waals surface area contributed by atoms with Crippen molar-refractivity contribution in [2.24, 2.45) is 5.73 Å². The molecular formula is C24H21FN4O. The van der Waals surface area contributed by atoms with Crippen LogP contribution in [0.25, 0.3) is 5.57 Å². The number of rotatable bonds is 6. The van der Waals surface area contributed by atoms with Gasteiger partial charge >= 0.3 is 0 Å². The summed E-state index contributed by atoms with van der Waals surface area (Å²) < 4.78 is 18.9. The van der Waals surface area contributed by atoms with Crippen molar-refractivity contribution in [3.8, 4) is 11.8 Å². The van der Waals surface area contributed by atoms with Crippen molar-refractivity contribution in [2.75, 3.05) is 0 Å². The predicted octanol–water partition coefficient (Wildman–Crippen LogP) is 4.66. The maximum atomic E-state index is 13.1. The molecule has 3 aromatic rings. The fourth-order valence-corrected chi connectivity index (χ4v) is 3.10. The molecule has 1 heterocycles. The Morgan fingerprint density at radius 2 is 1.77 bits per heavy atom. The Morgan fingerprint density at radius 3 is 2.37 bits per heavy atom. The van der Waals surface area contributed by atoms with Crippen molar-refractivity contribution >= 4 is 11.3 Å². The standard InChI is InChI=1S/C24H21FN4O/c1-15-9-20(10-16(2)29-15)22(13-27)24(28)18-5-6-19(12-26)23(11-18)30-14-17-3-7-21(25)8-4-17/h3-11,13,28H,14,27H2,1-2H3/b22-13-,28-24?. The van der Waals surface area contributed by atoms with Gasteiger partial charge in [0, 0.05) is 28.7 Å². The first kappa shape index (κ1) is 20.7. The van der Waals surface area contributed by atoms with E-state index in [9.17, 15) is 9.65 Å². The minimum Gasteiger partial charge on any atom is -0.487 e. The molecule has 3 rings (SSSR count). The number of benzene rings is 2. The molecule has 0 radical (unpaired) electrons. The summed E-state index contributed by atoms with van der Waals surface area (Å²) >= 11 is 0. The minimum absolute atomic E-state index is 0.175. The molecule has 0 aliphatic rings. The summed E-state index contributed by atoms with van der Waals surface area (Å²) in [5.74, 6) is 0.0251. The number of nitrogens with one attached hydrogen (secondary N) is 1. The van der Waals surface area contributed by atoms with Gasteiger partial charge in [-0.1, -0.05) is 18.2 Å². The number of nitriles is 1. The van der Waals surface area contributed by atoms with Gasteiger partial charge in [-0.05, 0) is 61.4 Å². The molecular weight excluding hydrogens is 379 g/mol. The zero-order valence-corrected chi connectivity index (χ0v) is 16.7. The molecule has 6 heteroatoms. The van der Waals surface area contributed by atoms with Crippen LogP contribution in [-0.4, -0.2) is 10.7 Å². The van der Waals surface area contributed by atoms with Crippen LogP contribution in [0.1, 0.15) is 33.6 Å². The van der Waals surface area contributed by atoms with Crippen LogP contribution < -0.4 is 10.5 Å². The van der Waals surface area contributed by atoms with Crippen LogP contribution in [0.4, 0.5) is 4.39 Å². The van der Waals surface area contributed by atoms with Crippen molar-refractivity contribution in [1.82, 2.24) is 4.98 Å². The van der Waals surface area contributed by atoms with E-state index in [0.29, 0.717) is 22.4 Å². The van der Waals surface area contributed by atoms with Crippen LogP contribution in [0.2, 0.25) is 0 Å². The van der Waals surface area contributed by atoms with Gasteiger partial charge in [-0.15, -0.1) is 0 Å². The zero-order chi connectivity index (χ0) is 21.7. The largest absolute Gasteiger partial charge is 0.487 e. The first-order chi connectivity index (χ1) is 14.4. The number of hydrogen-bond acceptors (Lipinski definition) is 5. The number of aryl methyl sites for hydroxylation is 2. The highest BCUT2D eigenvalue weighted by atomic mass is 19.1. The molecule has 2 aromatic carbocycles. The van der Waals surface area contributed by atoms with Crippen LogP contribution >= 0.6 is 0 Å². The Hall–Kier alpha value is -3.98. The third-order valence-corrected chi connectivity index (χ3v) is 4.53. The number of nitrogens with two attached hydrogens (primary N) is 1. The molecule has 0 fully saturated rings. The van der Waals surface area contributed by atoms with Crippen molar-refractivity contribution in [1.29, 1.82) is 10.7 Å². The lowest BCUT2D eigenvalue weighted by Gasteiger charge is -2.13. The van der Waals surface area contributed by atoms with Crippen LogP contribution in [0.5, 0.6) is 5.75 Å². The van der Waals surface area contributed by atoms with Crippen molar-refractivity contribution in [3.05, 3.63) is 100 Å². The van der Waals surface area contributed by atoms with Crippen molar-refractivity contribution in [3.63, 3.8) is 0 Å². The molecule has 1 aromatic heterocycles. The molecule has 0 saturated carbocycles. The molecule has 0 atom stereocenters. The average Bonchev–Trinajstić information content (AvgIpc) is 2.73. The van der Waals surface area contributed by atoms with Gasteiger partial charge in [-0.2, -0.15) is 5.26 Å². The summed E-state index contributed by atoms with van der Waals surface area (Å²) in [5, 5.41) is 18.1. The summed E-state index contributed by atoms with van der Waals surface area (Å²) in [4.78, 5) is 4.36. The Balaban J connectivity index is 1.89. The summed E-state index contributed by atoms with van der Waals surface area (Å²) in [7, 11) is 0. The number of halogens is 1. The van der Waals surface area contributed by atoms with Crippen LogP contribution in [0.15, 0.2) is 60.8 Å². The van der Waals surface area contributed by atoms with E-state index < -0.39 is 0 Å². The first-order valence-electron chi connectivity index (χ1n) is 9.29. The number of pyridine rings is 1. The minimum atomic E-state index is -0.324. The molecule has 0 aliphatic heterocycles. The summed E-state index contributed by atoms with van der Waals surface area (Å²) in [6, 6.07) is 16.7. The Labute approximate surface area is 174 Å². The molecule has 0 aliphatic carbocycles. The van der Waals surface area contributed by atoms with Gasteiger partial charge in [-0.3, -0.25) is 10.4 Å². The summed E-state index contributed by atoms with van der Waals surface area (Å²) in [6.07, 6.45) is 1.40. The maximum absolute atomic E-state index is 13.1. The topological polar surface area (TPSA) is 95.8 Å². The number of ether oxygens (including phenoxy) is 1. The van der Waals surface area contributed by atoms with Gasteiger partial charge < -0.3 is 10.5 Å². The van der Waals surface area contributed by atoms with E-state index in [1.54, 1.807) is 30.3 Å². The number of aromatic nitrogens is 1. The lowest BCUT2D eigenvalue weighted by Crippen LogP contribution is -2.07. The molecule has 0 saturated heterocycles. The SMILES string of the molecule is Cc1cc(/C(=C/N)C(=N)c2ccc(C#N)c(OCc3ccc(F)cc3)c2)cc(C)n1. The Bertz CT molecular complexity index is 1140. The molecule has 0 bridgehead atoms. The fraction of sp³-hybridized carbons (Fsp3) is 0.125. The van der Waals surface area contributed by atoms with E-state index >= 15 is 0 Å². The third kappa shape index (κ3) is 4.70. The Kier molecular flexibility index (Phi) is 6.23. The highest BCUT2D eigenvalue weighted by Crippen LogP contribution is 2.26. The molecule has 30 heavy (non-hydrogen) atoms. The average molecular weight is 400 g/mol. The van der Waals surface area contributed by atoms with Crippen LogP contribution in [-0.2, 0) is 6.61 Å². The monoisotopic (exact) mass is 400 g/mol. The highest BCUT2D eigenvalue weighted by Gasteiger charge is 2.14. The van der Waals surface area contributed by atoms with Crippen molar-refractivity contribution in [2.45, 2.75) is 20.5 Å². The van der Waals surface area contributed by atoms with Gasteiger partial charge in [0.1, 0.15) is 24.2 Å². The molecule has 3 N–H and O–H groups in total. The Morgan fingerprint density at radius 1 is 1.10 bits per heavy atom. The van der Waals surface area contributed by atoms with Crippen LogP contribution in [0, 0.1) is 36.4 Å². The quantitative estimate of drug-likeness (QED) is 0.589. The van der Waals surface area contributed by atoms with Crippen molar-refractivity contribution < 1.29 is 9.13 Å². The van der Waals surface area contributed by atoms with E-state index in [-0.39, 0.29) is 18.1 Å². The van der Waals surface area contributed by atoms with Gasteiger partial charge in [0.05, 0.1) is 11.3 Å². The second-order valence-electron chi connectivity index (χ2n) is 6.83. The molecule has 150 valence electrons. The van der Waals surface area contributed by atoms with E-state index in [1.165, 1.54) is 18.3 Å². The van der Waals surface area contributed by atoms with Crippen LogP contribution in [0.3, 0.4) is 0 Å². The zero-order valence-electron chi connectivity index (χ0n) is 16.7. The number of nitrogens with zero attached hydrogens (tertiary/aromatic N) is 2. The predicted molar refractivity (Wildman–Crippen MR) is 115 cm³/mol. The smallest absolute Gasteiger partial charge is 0.138 e. The molecule has 0 spiro atoms. The van der Waals surface area contributed by atoms with Gasteiger partial charge in [0.15, 0.2) is 0 Å². The van der Waals surface area contributed by atoms with Gasteiger partial charge in [0.25, 0.3) is 0 Å². The number of hydrogen-bond donors (Lipinski definition) is 2. The third-order valence-electron chi connectivity index (χ3n) is 4.53. The number of allylic oxidation sites excluding steroid dienone is 1. The summed E-state index contributed by atoms with van der Waals surface area (Å²) in [6.45, 7) is 3.95. The first-order valence-corrected chi connectivity index (χ1v) is 9.29. The van der Waals surface area contributed by atoms with Gasteiger partial charge in [-0.25, -0.2) is 4.39 Å². The van der Waals surface area contributed by atoms with E-state index in [4.69, 9.17) is 15.9 Å². The summed E-state index contributed by atoms with van der Waals surface area (Å²) in [5.41, 5.74) is 10.8. The van der Waals surface area contributed by atoms with E-state index in [2.05, 4.69) is 11.1 Å². The van der Waals surface area contributed by atoms with Gasteiger partial charge in [0.2, 0.25) is 0 Å². The second-order valence-corrected chi connectivity index (χ2v) is 6.83. The molecule has 0 unspecified atom stereocenters. The van der Waals surface area contributed by atoms with E-state index in [0.717, 1.165) is 22.5 Å². The fourth-order valence-electron chi connectivity index (χ4n) is 3.10. The molecule has 5 nitrogen and oxygen atoms in total. The lowest BCUT2D eigenvalue weighted by molar-refractivity contribution is 0.305. The van der Waals surface area contributed by atoms with E-state index in [1.807, 2.05) is 26.0 Å². The second kappa shape index (κ2) is 9.01. The highest BCUT2D eigenvalue weighted by molar-refractivity contribution is 6.30. The lowest BCUT2D eigenvalue weighted by atomic mass is 9.95. The normalized spacial score (nSPS) is 11.1.